The summed E-state index contributed by atoms with van der Waals surface area (Å²) >= 11 is 6.44. The molecule has 0 unspecified atom stereocenters. The van der Waals surface area contributed by atoms with Crippen LogP contribution >= 0.6 is 11.6 Å². The van der Waals surface area contributed by atoms with E-state index in [1.165, 1.54) is 19.2 Å². The highest BCUT2D eigenvalue weighted by atomic mass is 35.5. The molecule has 5 heterocycles. The lowest BCUT2D eigenvalue weighted by molar-refractivity contribution is -0.0458. The maximum atomic E-state index is 9.40. The zero-order valence-corrected chi connectivity index (χ0v) is 26.5. The molecule has 7 rings (SSSR count). The second kappa shape index (κ2) is 13.9. The lowest BCUT2D eigenvalue weighted by Gasteiger charge is -2.43. The molecule has 1 aliphatic carbocycles. The Kier molecular flexibility index (Phi) is 9.28. The molecule has 3 aliphatic rings. The monoisotopic (exact) mass is 650 g/mol. The molecule has 0 amide bonds. The number of hydrogen-bond acceptors (Lipinski definition) is 12. The molecule has 3 fully saturated rings. The Balaban J connectivity index is 1.01. The van der Waals surface area contributed by atoms with Crippen LogP contribution in [-0.2, 0) is 11.3 Å². The molecule has 1 saturated carbocycles. The lowest BCUT2D eigenvalue weighted by atomic mass is 9.89. The fourth-order valence-electron chi connectivity index (χ4n) is 6.99. The minimum absolute atomic E-state index is 0.103. The number of halogens is 1. The molecule has 0 spiro atoms. The van der Waals surface area contributed by atoms with Gasteiger partial charge in [-0.3, -0.25) is 9.58 Å². The fourth-order valence-corrected chi connectivity index (χ4v) is 7.15. The van der Waals surface area contributed by atoms with Crippen molar-refractivity contribution in [3.63, 3.8) is 0 Å². The van der Waals surface area contributed by atoms with Crippen LogP contribution in [0.3, 0.4) is 0 Å². The van der Waals surface area contributed by atoms with Gasteiger partial charge in [0.15, 0.2) is 0 Å². The molecular formula is C31H39ClN10O4. The van der Waals surface area contributed by atoms with Crippen LogP contribution in [0, 0.1) is 0 Å². The standard InChI is InChI=1S/C31H39ClN10O4/c1-20(15-40-19-35-38-39-40)46-29-12-21(2-9-27(29)32)22-13-33-31(34-14-22)36-28-16-41(37-30(28)45-11-10-43)23-3-5-24(6-4-23)42-25-7-8-26(42)18-44-17-25/h2,9,12-14,16,19-20,23-26,43H,3-8,10-11,15,17-18H2,1H3,(H,33,34,36)/t20-,23-,24-,25-,26+/m0/s1. The van der Waals surface area contributed by atoms with Gasteiger partial charge in [-0.1, -0.05) is 17.7 Å². The molecule has 4 aromatic rings. The van der Waals surface area contributed by atoms with Crippen molar-refractivity contribution in [2.24, 2.45) is 0 Å². The van der Waals surface area contributed by atoms with E-state index in [1.54, 1.807) is 23.1 Å². The Labute approximate surface area is 272 Å². The zero-order chi connectivity index (χ0) is 31.5. The molecule has 46 heavy (non-hydrogen) atoms. The van der Waals surface area contributed by atoms with Gasteiger partial charge in [-0.2, -0.15) is 0 Å². The van der Waals surface area contributed by atoms with Crippen molar-refractivity contribution < 1.29 is 19.3 Å². The third-order valence-electron chi connectivity index (χ3n) is 9.11. The van der Waals surface area contributed by atoms with Gasteiger partial charge in [0.25, 0.3) is 5.88 Å². The van der Waals surface area contributed by atoms with E-state index in [0.29, 0.717) is 53.0 Å². The molecule has 1 aromatic carbocycles. The maximum Gasteiger partial charge on any atom is 0.257 e. The van der Waals surface area contributed by atoms with Crippen molar-refractivity contribution in [1.82, 2.24) is 44.9 Å². The van der Waals surface area contributed by atoms with Gasteiger partial charge in [0.2, 0.25) is 5.95 Å². The molecule has 244 valence electrons. The Morgan fingerprint density at radius 1 is 1.02 bits per heavy atom. The van der Waals surface area contributed by atoms with Crippen LogP contribution in [0.4, 0.5) is 11.6 Å². The van der Waals surface area contributed by atoms with Crippen LogP contribution in [0.5, 0.6) is 11.6 Å². The highest BCUT2D eigenvalue weighted by molar-refractivity contribution is 6.32. The van der Waals surface area contributed by atoms with Gasteiger partial charge >= 0.3 is 0 Å². The number of rotatable bonds is 12. The number of ether oxygens (including phenoxy) is 3. The highest BCUT2D eigenvalue weighted by Gasteiger charge is 2.42. The van der Waals surface area contributed by atoms with Gasteiger partial charge in [0, 0.05) is 36.1 Å². The number of aliphatic hydroxyl groups excluding tert-OH is 1. The normalized spacial score (nSPS) is 23.7. The van der Waals surface area contributed by atoms with E-state index in [0.717, 1.165) is 50.0 Å². The summed E-state index contributed by atoms with van der Waals surface area (Å²) in [6.45, 7) is 4.19. The first kappa shape index (κ1) is 30.8. The summed E-state index contributed by atoms with van der Waals surface area (Å²) in [5.74, 6) is 1.38. The molecule has 2 N–H and O–H groups in total. The quantitative estimate of drug-likeness (QED) is 0.229. The average molecular weight is 651 g/mol. The van der Waals surface area contributed by atoms with Gasteiger partial charge in [-0.05, 0) is 73.6 Å². The van der Waals surface area contributed by atoms with Gasteiger partial charge in [0.05, 0.1) is 43.6 Å². The summed E-state index contributed by atoms with van der Waals surface area (Å²) in [6, 6.07) is 7.62. The van der Waals surface area contributed by atoms with E-state index in [1.807, 2.05) is 29.9 Å². The van der Waals surface area contributed by atoms with Crippen LogP contribution in [0.25, 0.3) is 11.1 Å². The molecule has 15 heteroatoms. The van der Waals surface area contributed by atoms with Crippen LogP contribution in [-0.4, -0.2) is 101 Å². The summed E-state index contributed by atoms with van der Waals surface area (Å²) in [7, 11) is 0. The van der Waals surface area contributed by atoms with Crippen LogP contribution in [0.1, 0.15) is 51.5 Å². The Bertz CT molecular complexity index is 1560. The number of nitrogens with zero attached hydrogens (tertiary/aromatic N) is 9. The van der Waals surface area contributed by atoms with Crippen LogP contribution in [0.2, 0.25) is 5.02 Å². The lowest BCUT2D eigenvalue weighted by Crippen LogP contribution is -2.52. The predicted molar refractivity (Wildman–Crippen MR) is 169 cm³/mol. The number of aromatic nitrogens is 8. The molecule has 14 nitrogen and oxygen atoms in total. The second-order valence-corrected chi connectivity index (χ2v) is 12.7. The van der Waals surface area contributed by atoms with Crippen LogP contribution < -0.4 is 14.8 Å². The molecule has 3 aromatic heterocycles. The molecular weight excluding hydrogens is 612 g/mol. The minimum Gasteiger partial charge on any atom is -0.487 e. The number of fused-ring (bicyclic) bond motifs is 2. The molecule has 2 aliphatic heterocycles. The van der Waals surface area contributed by atoms with E-state index in [9.17, 15) is 5.11 Å². The first-order valence-corrected chi connectivity index (χ1v) is 16.4. The van der Waals surface area contributed by atoms with E-state index < -0.39 is 0 Å². The summed E-state index contributed by atoms with van der Waals surface area (Å²) < 4.78 is 21.3. The summed E-state index contributed by atoms with van der Waals surface area (Å²) in [4.78, 5) is 11.9. The number of hydrogen-bond donors (Lipinski definition) is 2. The second-order valence-electron chi connectivity index (χ2n) is 12.3. The molecule has 3 atom stereocenters. The van der Waals surface area contributed by atoms with Gasteiger partial charge < -0.3 is 24.6 Å². The molecule has 0 radical (unpaired) electrons. The van der Waals surface area contributed by atoms with Gasteiger partial charge in [0.1, 0.15) is 30.5 Å². The van der Waals surface area contributed by atoms with E-state index in [-0.39, 0.29) is 25.4 Å². The van der Waals surface area contributed by atoms with Crippen molar-refractivity contribution in [2.45, 2.75) is 82.3 Å². The zero-order valence-electron chi connectivity index (χ0n) is 25.8. The van der Waals surface area contributed by atoms with Crippen molar-refractivity contribution in [2.75, 3.05) is 31.7 Å². The van der Waals surface area contributed by atoms with E-state index in [2.05, 4.69) is 35.7 Å². The Morgan fingerprint density at radius 2 is 1.76 bits per heavy atom. The summed E-state index contributed by atoms with van der Waals surface area (Å²) in [6.07, 6.45) is 13.7. The van der Waals surface area contributed by atoms with E-state index >= 15 is 0 Å². The number of nitrogens with one attached hydrogen (secondary N) is 1. The topological polar surface area (TPSA) is 150 Å². The molecule has 2 bridgehead atoms. The third-order valence-corrected chi connectivity index (χ3v) is 9.43. The average Bonchev–Trinajstić information content (AvgIpc) is 3.79. The van der Waals surface area contributed by atoms with Crippen molar-refractivity contribution in [3.05, 3.63) is 48.1 Å². The van der Waals surface area contributed by atoms with Crippen molar-refractivity contribution in [1.29, 1.82) is 0 Å². The predicted octanol–water partition coefficient (Wildman–Crippen LogP) is 3.91. The first-order valence-electron chi connectivity index (χ1n) is 16.0. The Morgan fingerprint density at radius 3 is 2.48 bits per heavy atom. The fraction of sp³-hybridized carbons (Fsp3) is 0.548. The smallest absolute Gasteiger partial charge is 0.257 e. The summed E-state index contributed by atoms with van der Waals surface area (Å²) in [5, 5.41) is 29.1. The maximum absolute atomic E-state index is 9.40. The molecule has 2 saturated heterocycles. The minimum atomic E-state index is -0.211. The number of morpholine rings is 1. The number of benzene rings is 1. The number of anilines is 2. The van der Waals surface area contributed by atoms with Crippen molar-refractivity contribution >= 4 is 23.2 Å². The highest BCUT2D eigenvalue weighted by Crippen LogP contribution is 2.39. The van der Waals surface area contributed by atoms with Crippen molar-refractivity contribution in [3.8, 4) is 22.8 Å². The van der Waals surface area contributed by atoms with E-state index in [4.69, 9.17) is 30.9 Å². The first-order chi connectivity index (χ1) is 22.5. The van der Waals surface area contributed by atoms with Crippen LogP contribution in [0.15, 0.2) is 43.1 Å². The van der Waals surface area contributed by atoms with Gasteiger partial charge in [-0.25, -0.2) is 14.6 Å². The number of aliphatic hydroxyl groups is 1. The largest absolute Gasteiger partial charge is 0.487 e. The number of tetrazole rings is 1. The third kappa shape index (κ3) is 6.80. The van der Waals surface area contributed by atoms with Gasteiger partial charge in [-0.15, -0.1) is 10.2 Å². The SMILES string of the molecule is C[C@@H](Cn1cnnn1)Oc1cc(-c2cnc(Nc3cn([C@H]4CC[C@H](N5[C@@H]6CC[C@H]5COC6)CC4)nc3OCCO)nc2)ccc1Cl. The summed E-state index contributed by atoms with van der Waals surface area (Å²) in [5.41, 5.74) is 2.33. The Hall–Kier alpha value is -3.85.